The van der Waals surface area contributed by atoms with Gasteiger partial charge in [-0.1, -0.05) is 0 Å². The van der Waals surface area contributed by atoms with E-state index in [4.69, 9.17) is 5.11 Å². The monoisotopic (exact) mass is 330 g/mol. The third-order valence-corrected chi connectivity index (χ3v) is 2.82. The molecule has 0 aliphatic rings. The molecule has 0 fully saturated rings. The van der Waals surface area contributed by atoms with Gasteiger partial charge in [-0.25, -0.2) is 4.79 Å². The van der Waals surface area contributed by atoms with Gasteiger partial charge >= 0.3 is 16.2 Å². The first kappa shape index (κ1) is 11.4. The first-order valence-corrected chi connectivity index (χ1v) is 5.75. The maximum absolute atomic E-state index is 12.5. The summed E-state index contributed by atoms with van der Waals surface area (Å²) in [5.41, 5.74) is -0.256. The van der Waals surface area contributed by atoms with E-state index in [1.165, 1.54) is 6.07 Å². The Morgan fingerprint density at radius 1 is 1.36 bits per heavy atom. The van der Waals surface area contributed by atoms with Crippen molar-refractivity contribution >= 4 is 38.8 Å². The Morgan fingerprint density at radius 2 is 1.93 bits per heavy atom. The largest absolute Gasteiger partial charge is 0.478 e. The number of rotatable bonds is 2. The van der Waals surface area contributed by atoms with Crippen molar-refractivity contribution in [3.8, 4) is 0 Å². The standard InChI is InChI=1S/C7H4FIO4S/c8-14(12,13)6-2-4(7(10)11)1-5(9)3-6/h1-3H,(H,10,11). The molecule has 0 aliphatic heterocycles. The molecule has 0 amide bonds. The molecular formula is C7H4FIO4S. The second-order valence-electron chi connectivity index (χ2n) is 2.42. The first-order valence-electron chi connectivity index (χ1n) is 3.29. The van der Waals surface area contributed by atoms with Crippen molar-refractivity contribution in [3.63, 3.8) is 0 Å². The zero-order valence-electron chi connectivity index (χ0n) is 6.57. The topological polar surface area (TPSA) is 71.4 Å². The number of hydrogen-bond donors (Lipinski definition) is 1. The number of hydrogen-bond acceptors (Lipinski definition) is 3. The molecule has 0 radical (unpaired) electrons. The molecule has 4 nitrogen and oxygen atoms in total. The minimum absolute atomic E-state index is 0.256. The molecule has 0 spiro atoms. The highest BCUT2D eigenvalue weighted by molar-refractivity contribution is 14.1. The van der Waals surface area contributed by atoms with Crippen LogP contribution in [0.4, 0.5) is 3.89 Å². The molecule has 0 unspecified atom stereocenters. The van der Waals surface area contributed by atoms with Crippen LogP contribution < -0.4 is 0 Å². The number of aromatic carboxylic acids is 1. The van der Waals surface area contributed by atoms with Crippen LogP contribution in [0.1, 0.15) is 10.4 Å². The molecule has 0 aromatic heterocycles. The molecule has 0 atom stereocenters. The highest BCUT2D eigenvalue weighted by Gasteiger charge is 2.15. The third-order valence-electron chi connectivity index (χ3n) is 1.40. The summed E-state index contributed by atoms with van der Waals surface area (Å²) in [6.07, 6.45) is 0. The lowest BCUT2D eigenvalue weighted by Crippen LogP contribution is -2.00. The molecule has 1 aromatic rings. The van der Waals surface area contributed by atoms with Crippen molar-refractivity contribution in [2.24, 2.45) is 0 Å². The molecule has 1 N–H and O–H groups in total. The number of carbonyl (C=O) groups is 1. The van der Waals surface area contributed by atoms with Crippen molar-refractivity contribution in [2.45, 2.75) is 4.90 Å². The summed E-state index contributed by atoms with van der Waals surface area (Å²) in [6, 6.07) is 3.08. The van der Waals surface area contributed by atoms with Gasteiger partial charge in [-0.15, -0.1) is 3.89 Å². The molecule has 7 heteroatoms. The predicted octanol–water partition coefficient (Wildman–Crippen LogP) is 1.65. The summed E-state index contributed by atoms with van der Waals surface area (Å²) in [4.78, 5) is 9.87. The smallest absolute Gasteiger partial charge is 0.335 e. The highest BCUT2D eigenvalue weighted by Crippen LogP contribution is 2.18. The predicted molar refractivity (Wildman–Crippen MR) is 54.4 cm³/mol. The summed E-state index contributed by atoms with van der Waals surface area (Å²) in [5.74, 6) is -1.30. The van der Waals surface area contributed by atoms with E-state index in [1.807, 2.05) is 0 Å². The molecule has 76 valence electrons. The Labute approximate surface area is 93.1 Å². The minimum atomic E-state index is -4.85. The molecule has 0 saturated carbocycles. The van der Waals surface area contributed by atoms with Crippen LogP contribution in [0.15, 0.2) is 23.1 Å². The number of carboxylic acid groups (broad SMARTS) is 1. The van der Waals surface area contributed by atoms with E-state index in [2.05, 4.69) is 0 Å². The van der Waals surface area contributed by atoms with Gasteiger partial charge in [0.2, 0.25) is 0 Å². The Morgan fingerprint density at radius 3 is 2.36 bits per heavy atom. The summed E-state index contributed by atoms with van der Waals surface area (Å²) in [7, 11) is -4.85. The summed E-state index contributed by atoms with van der Waals surface area (Å²) in [6.45, 7) is 0. The summed E-state index contributed by atoms with van der Waals surface area (Å²) < 4.78 is 33.9. The van der Waals surface area contributed by atoms with Gasteiger partial charge in [0.15, 0.2) is 0 Å². The Balaban J connectivity index is 3.43. The average molecular weight is 330 g/mol. The lowest BCUT2D eigenvalue weighted by atomic mass is 10.2. The van der Waals surface area contributed by atoms with Crippen molar-refractivity contribution in [1.82, 2.24) is 0 Å². The van der Waals surface area contributed by atoms with Gasteiger partial charge in [0, 0.05) is 3.57 Å². The molecule has 0 bridgehead atoms. The van der Waals surface area contributed by atoms with E-state index in [-0.39, 0.29) is 5.56 Å². The minimum Gasteiger partial charge on any atom is -0.478 e. The fraction of sp³-hybridized carbons (Fsp3) is 0. The number of carboxylic acids is 1. The fourth-order valence-electron chi connectivity index (χ4n) is 0.827. The molecular weight excluding hydrogens is 326 g/mol. The van der Waals surface area contributed by atoms with Crippen molar-refractivity contribution in [2.75, 3.05) is 0 Å². The van der Waals surface area contributed by atoms with Crippen molar-refractivity contribution in [1.29, 1.82) is 0 Å². The van der Waals surface area contributed by atoms with E-state index >= 15 is 0 Å². The number of halogens is 2. The van der Waals surface area contributed by atoms with Gasteiger partial charge in [-0.3, -0.25) is 0 Å². The van der Waals surface area contributed by atoms with Crippen LogP contribution in [-0.2, 0) is 10.2 Å². The Bertz CT molecular complexity index is 482. The second kappa shape index (κ2) is 3.81. The Hall–Kier alpha value is -0.700. The van der Waals surface area contributed by atoms with Gasteiger partial charge in [0.05, 0.1) is 5.56 Å². The van der Waals surface area contributed by atoms with Crippen LogP contribution in [0.5, 0.6) is 0 Å². The van der Waals surface area contributed by atoms with Crippen molar-refractivity contribution < 1.29 is 22.2 Å². The zero-order valence-corrected chi connectivity index (χ0v) is 9.54. The maximum atomic E-state index is 12.5. The molecule has 14 heavy (non-hydrogen) atoms. The van der Waals surface area contributed by atoms with Gasteiger partial charge in [0.25, 0.3) is 0 Å². The normalized spacial score (nSPS) is 11.3. The lowest BCUT2D eigenvalue weighted by molar-refractivity contribution is 0.0696. The van der Waals surface area contributed by atoms with Gasteiger partial charge < -0.3 is 5.11 Å². The highest BCUT2D eigenvalue weighted by atomic mass is 127. The second-order valence-corrected chi connectivity index (χ2v) is 5.01. The maximum Gasteiger partial charge on any atom is 0.335 e. The molecule has 1 rings (SSSR count). The molecule has 1 aromatic carbocycles. The Kier molecular flexibility index (Phi) is 3.10. The number of benzene rings is 1. The van der Waals surface area contributed by atoms with Crippen LogP contribution >= 0.6 is 22.6 Å². The molecule has 0 heterocycles. The van der Waals surface area contributed by atoms with Crippen LogP contribution in [-0.4, -0.2) is 19.5 Å². The van der Waals surface area contributed by atoms with E-state index in [0.717, 1.165) is 12.1 Å². The average Bonchev–Trinajstić information content (AvgIpc) is 2.01. The molecule has 0 aliphatic carbocycles. The van der Waals surface area contributed by atoms with E-state index in [0.29, 0.717) is 3.57 Å². The van der Waals surface area contributed by atoms with Crippen LogP contribution in [0.25, 0.3) is 0 Å². The zero-order chi connectivity index (χ0) is 10.9. The first-order chi connectivity index (χ1) is 6.30. The SMILES string of the molecule is O=C(O)c1cc(I)cc(S(=O)(=O)F)c1. The summed E-state index contributed by atoms with van der Waals surface area (Å²) in [5, 5.41) is 8.58. The van der Waals surface area contributed by atoms with Crippen molar-refractivity contribution in [3.05, 3.63) is 27.3 Å². The van der Waals surface area contributed by atoms with Gasteiger partial charge in [-0.2, -0.15) is 8.42 Å². The lowest BCUT2D eigenvalue weighted by Gasteiger charge is -1.99. The van der Waals surface area contributed by atoms with Gasteiger partial charge in [-0.05, 0) is 40.8 Å². The van der Waals surface area contributed by atoms with Crippen LogP contribution in [0.2, 0.25) is 0 Å². The molecule has 0 saturated heterocycles. The van der Waals surface area contributed by atoms with Crippen LogP contribution in [0.3, 0.4) is 0 Å². The fourth-order valence-corrected chi connectivity index (χ4v) is 2.24. The third kappa shape index (κ3) is 2.64. The van der Waals surface area contributed by atoms with E-state index in [9.17, 15) is 17.1 Å². The van der Waals surface area contributed by atoms with E-state index in [1.54, 1.807) is 22.6 Å². The van der Waals surface area contributed by atoms with Gasteiger partial charge in [0.1, 0.15) is 4.90 Å². The quantitative estimate of drug-likeness (QED) is 0.661. The van der Waals surface area contributed by atoms with Crippen LogP contribution in [0, 0.1) is 3.57 Å². The summed E-state index contributed by atoms with van der Waals surface area (Å²) >= 11 is 1.71. The van der Waals surface area contributed by atoms with E-state index < -0.39 is 21.1 Å².